The molecule has 5 heteroatoms. The van der Waals surface area contributed by atoms with Gasteiger partial charge in [0, 0.05) is 22.2 Å². The first-order valence-electron chi connectivity index (χ1n) is 7.15. The summed E-state index contributed by atoms with van der Waals surface area (Å²) < 4.78 is 0. The summed E-state index contributed by atoms with van der Waals surface area (Å²) in [5.41, 5.74) is 2.06. The van der Waals surface area contributed by atoms with Gasteiger partial charge < -0.3 is 10.6 Å². The van der Waals surface area contributed by atoms with Crippen molar-refractivity contribution in [2.45, 2.75) is 19.5 Å². The van der Waals surface area contributed by atoms with Gasteiger partial charge in [-0.15, -0.1) is 0 Å². The van der Waals surface area contributed by atoms with Gasteiger partial charge in [0.15, 0.2) is 6.54 Å². The number of benzene rings is 2. The van der Waals surface area contributed by atoms with Crippen molar-refractivity contribution in [1.29, 1.82) is 0 Å². The Morgan fingerprint density at radius 3 is 2.50 bits per heavy atom. The molecule has 0 radical (unpaired) electrons. The Morgan fingerprint density at radius 1 is 1.14 bits per heavy atom. The molecule has 1 amide bonds. The molecule has 116 valence electrons. The molecular weight excluding hydrogens is 319 g/mol. The van der Waals surface area contributed by atoms with Crippen molar-refractivity contribution < 1.29 is 10.1 Å². The molecule has 2 rings (SSSR count). The molecule has 22 heavy (non-hydrogen) atoms. The van der Waals surface area contributed by atoms with Crippen molar-refractivity contribution in [2.75, 3.05) is 6.54 Å². The summed E-state index contributed by atoms with van der Waals surface area (Å²) in [6.45, 7) is 2.88. The Bertz CT molecular complexity index is 629. The lowest BCUT2D eigenvalue weighted by Crippen LogP contribution is -2.87. The molecule has 2 aromatic carbocycles. The molecule has 0 aromatic heterocycles. The highest BCUT2D eigenvalue weighted by molar-refractivity contribution is 6.31. The molecule has 0 aliphatic rings. The molecular formula is C17H19Cl2N2O+. The van der Waals surface area contributed by atoms with Crippen molar-refractivity contribution in [3.8, 4) is 0 Å². The van der Waals surface area contributed by atoms with Crippen LogP contribution in [0.4, 0.5) is 0 Å². The molecule has 0 fully saturated rings. The van der Waals surface area contributed by atoms with Gasteiger partial charge in [-0.3, -0.25) is 4.79 Å². The second-order valence-corrected chi connectivity index (χ2v) is 5.99. The molecule has 1 atom stereocenters. The Morgan fingerprint density at radius 2 is 1.82 bits per heavy atom. The van der Waals surface area contributed by atoms with Crippen LogP contribution in [0.3, 0.4) is 0 Å². The minimum absolute atomic E-state index is 0.0132. The third-order valence-corrected chi connectivity index (χ3v) is 4.11. The first-order valence-corrected chi connectivity index (χ1v) is 7.91. The van der Waals surface area contributed by atoms with Crippen molar-refractivity contribution in [2.24, 2.45) is 0 Å². The van der Waals surface area contributed by atoms with Gasteiger partial charge in [-0.2, -0.15) is 0 Å². The molecule has 3 nitrogen and oxygen atoms in total. The van der Waals surface area contributed by atoms with E-state index < -0.39 is 0 Å². The highest BCUT2D eigenvalue weighted by atomic mass is 35.5. The van der Waals surface area contributed by atoms with E-state index in [9.17, 15) is 4.79 Å². The fourth-order valence-corrected chi connectivity index (χ4v) is 2.42. The van der Waals surface area contributed by atoms with Gasteiger partial charge in [0.05, 0.1) is 0 Å². The lowest BCUT2D eigenvalue weighted by molar-refractivity contribution is -0.682. The average Bonchev–Trinajstić information content (AvgIpc) is 2.52. The Labute approximate surface area is 140 Å². The molecule has 2 aromatic rings. The quantitative estimate of drug-likeness (QED) is 0.836. The maximum absolute atomic E-state index is 11.9. The molecule has 0 unspecified atom stereocenters. The maximum atomic E-state index is 11.9. The first-order chi connectivity index (χ1) is 10.6. The van der Waals surface area contributed by atoms with Crippen LogP contribution in [-0.2, 0) is 11.3 Å². The van der Waals surface area contributed by atoms with Crippen LogP contribution in [0.5, 0.6) is 0 Å². The summed E-state index contributed by atoms with van der Waals surface area (Å²) in [5.74, 6) is -0.0132. The van der Waals surface area contributed by atoms with Crippen LogP contribution in [0.2, 0.25) is 10.0 Å². The largest absolute Gasteiger partial charge is 0.347 e. The molecule has 0 saturated carbocycles. The van der Waals surface area contributed by atoms with E-state index in [4.69, 9.17) is 23.2 Å². The summed E-state index contributed by atoms with van der Waals surface area (Å²) >= 11 is 11.9. The lowest BCUT2D eigenvalue weighted by atomic mass is 10.1. The SMILES string of the molecule is C[C@@H]([NH2+]CC(=O)NCc1ccccc1Cl)c1ccc(Cl)cc1. The number of hydrogen-bond donors (Lipinski definition) is 2. The minimum Gasteiger partial charge on any atom is -0.347 e. The third-order valence-electron chi connectivity index (χ3n) is 3.49. The number of halogens is 2. The smallest absolute Gasteiger partial charge is 0.275 e. The van der Waals surface area contributed by atoms with Crippen LogP contribution >= 0.6 is 23.2 Å². The Kier molecular flexibility index (Phi) is 6.25. The van der Waals surface area contributed by atoms with Gasteiger partial charge in [-0.05, 0) is 30.7 Å². The zero-order chi connectivity index (χ0) is 15.9. The van der Waals surface area contributed by atoms with E-state index in [0.29, 0.717) is 23.1 Å². The zero-order valence-corrected chi connectivity index (χ0v) is 13.9. The summed E-state index contributed by atoms with van der Waals surface area (Å²) in [6, 6.07) is 15.4. The Balaban J connectivity index is 1.78. The van der Waals surface area contributed by atoms with Gasteiger partial charge in [-0.25, -0.2) is 0 Å². The number of nitrogens with one attached hydrogen (secondary N) is 1. The highest BCUT2D eigenvalue weighted by Gasteiger charge is 2.11. The number of amides is 1. The summed E-state index contributed by atoms with van der Waals surface area (Å²) in [4.78, 5) is 11.9. The van der Waals surface area contributed by atoms with Crippen LogP contribution in [0.1, 0.15) is 24.1 Å². The van der Waals surface area contributed by atoms with E-state index in [2.05, 4.69) is 12.2 Å². The van der Waals surface area contributed by atoms with E-state index in [-0.39, 0.29) is 11.9 Å². The fraction of sp³-hybridized carbons (Fsp3) is 0.235. The van der Waals surface area contributed by atoms with Crippen molar-refractivity contribution in [1.82, 2.24) is 5.32 Å². The van der Waals surface area contributed by atoms with Gasteiger partial charge in [0.2, 0.25) is 0 Å². The topological polar surface area (TPSA) is 45.7 Å². The predicted molar refractivity (Wildman–Crippen MR) is 90.0 cm³/mol. The monoisotopic (exact) mass is 337 g/mol. The van der Waals surface area contributed by atoms with Crippen LogP contribution in [0.15, 0.2) is 48.5 Å². The second kappa shape index (κ2) is 8.18. The number of nitrogens with two attached hydrogens (primary N) is 1. The highest BCUT2D eigenvalue weighted by Crippen LogP contribution is 2.14. The normalized spacial score (nSPS) is 12.0. The number of quaternary nitrogens is 1. The van der Waals surface area contributed by atoms with E-state index >= 15 is 0 Å². The molecule has 0 heterocycles. The summed E-state index contributed by atoms with van der Waals surface area (Å²) in [5, 5.41) is 6.26. The maximum Gasteiger partial charge on any atom is 0.275 e. The van der Waals surface area contributed by atoms with Crippen LogP contribution in [0.25, 0.3) is 0 Å². The number of hydrogen-bond acceptors (Lipinski definition) is 1. The van der Waals surface area contributed by atoms with Gasteiger partial charge in [0.25, 0.3) is 5.91 Å². The van der Waals surface area contributed by atoms with Gasteiger partial charge in [-0.1, -0.05) is 53.5 Å². The van der Waals surface area contributed by atoms with Crippen molar-refractivity contribution >= 4 is 29.1 Å². The number of carbonyl (C=O) groups is 1. The average molecular weight is 338 g/mol. The molecule has 0 saturated heterocycles. The van der Waals surface area contributed by atoms with Crippen LogP contribution in [0, 0.1) is 0 Å². The standard InChI is InChI=1S/C17H18Cl2N2O/c1-12(13-6-8-15(18)9-7-13)20-11-17(22)21-10-14-4-2-3-5-16(14)19/h2-9,12,20H,10-11H2,1H3,(H,21,22)/p+1/t12-/m1/s1. The van der Waals surface area contributed by atoms with Crippen molar-refractivity contribution in [3.63, 3.8) is 0 Å². The lowest BCUT2D eigenvalue weighted by Gasteiger charge is -2.11. The van der Waals surface area contributed by atoms with Crippen LogP contribution < -0.4 is 10.6 Å². The van der Waals surface area contributed by atoms with E-state index in [1.807, 2.05) is 53.8 Å². The number of carbonyl (C=O) groups excluding carboxylic acids is 1. The molecule has 0 aliphatic heterocycles. The zero-order valence-electron chi connectivity index (χ0n) is 12.4. The third kappa shape index (κ3) is 5.02. The predicted octanol–water partition coefficient (Wildman–Crippen LogP) is 2.93. The molecule has 0 spiro atoms. The Hall–Kier alpha value is -1.55. The first kappa shape index (κ1) is 16.8. The summed E-state index contributed by atoms with van der Waals surface area (Å²) in [7, 11) is 0. The van der Waals surface area contributed by atoms with E-state index in [1.165, 1.54) is 0 Å². The molecule has 3 N–H and O–H groups in total. The van der Waals surface area contributed by atoms with E-state index in [0.717, 1.165) is 11.1 Å². The van der Waals surface area contributed by atoms with E-state index in [1.54, 1.807) is 0 Å². The minimum atomic E-state index is -0.0132. The van der Waals surface area contributed by atoms with Crippen molar-refractivity contribution in [3.05, 3.63) is 69.7 Å². The molecule has 0 bridgehead atoms. The fourth-order valence-electron chi connectivity index (χ4n) is 2.09. The van der Waals surface area contributed by atoms with Gasteiger partial charge in [0.1, 0.15) is 6.04 Å². The second-order valence-electron chi connectivity index (χ2n) is 5.15. The van der Waals surface area contributed by atoms with Crippen LogP contribution in [-0.4, -0.2) is 12.5 Å². The summed E-state index contributed by atoms with van der Waals surface area (Å²) in [6.07, 6.45) is 0. The number of rotatable bonds is 6. The molecule has 0 aliphatic carbocycles. The van der Waals surface area contributed by atoms with Gasteiger partial charge >= 0.3 is 0 Å².